The molecule has 0 amide bonds. The Labute approximate surface area is 107 Å². The van der Waals surface area contributed by atoms with Gasteiger partial charge in [-0.3, -0.25) is 0 Å². The monoisotopic (exact) mass is 240 g/mol. The first-order valence-corrected chi connectivity index (χ1v) is 5.91. The molecule has 0 aliphatic rings. The zero-order valence-corrected chi connectivity index (χ0v) is 10.8. The molecule has 0 aliphatic carbocycles. The van der Waals surface area contributed by atoms with Crippen molar-refractivity contribution in [2.45, 2.75) is 20.8 Å². The molecule has 0 unspecified atom stereocenters. The van der Waals surface area contributed by atoms with E-state index in [0.29, 0.717) is 5.56 Å². The predicted octanol–water partition coefficient (Wildman–Crippen LogP) is 3.98. The van der Waals surface area contributed by atoms with Gasteiger partial charge in [0.2, 0.25) is 0 Å². The van der Waals surface area contributed by atoms with Gasteiger partial charge in [-0.25, -0.2) is 4.79 Å². The summed E-state index contributed by atoms with van der Waals surface area (Å²) in [6.45, 7) is 6.11. The average molecular weight is 240 g/mol. The second kappa shape index (κ2) is 4.65. The lowest BCUT2D eigenvalue weighted by Gasteiger charge is -2.13. The van der Waals surface area contributed by atoms with Crippen LogP contribution in [-0.2, 0) is 0 Å². The Balaban J connectivity index is 2.70. The highest BCUT2D eigenvalue weighted by molar-refractivity contribution is 5.90. The molecule has 0 saturated carbocycles. The van der Waals surface area contributed by atoms with E-state index in [0.717, 1.165) is 16.7 Å². The molecule has 0 radical (unpaired) electrons. The minimum absolute atomic E-state index is 0.332. The number of carboxylic acid groups (broad SMARTS) is 1. The van der Waals surface area contributed by atoms with E-state index in [9.17, 15) is 4.79 Å². The minimum atomic E-state index is -0.887. The molecule has 18 heavy (non-hydrogen) atoms. The molecular weight excluding hydrogens is 224 g/mol. The summed E-state index contributed by atoms with van der Waals surface area (Å²) in [4.78, 5) is 11.1. The number of hydrogen-bond donors (Lipinski definition) is 1. The number of carbonyl (C=O) groups is 1. The number of aryl methyl sites for hydroxylation is 3. The zero-order valence-electron chi connectivity index (χ0n) is 10.8. The highest BCUT2D eigenvalue weighted by Gasteiger charge is 2.11. The molecule has 1 N–H and O–H groups in total. The van der Waals surface area contributed by atoms with Crippen LogP contribution in [0.1, 0.15) is 27.0 Å². The second-order valence-electron chi connectivity index (χ2n) is 4.60. The average Bonchev–Trinajstić information content (AvgIpc) is 2.30. The molecule has 0 bridgehead atoms. The number of aromatic carboxylic acids is 1. The van der Waals surface area contributed by atoms with Gasteiger partial charge < -0.3 is 5.11 Å². The molecular formula is C16H16O2. The van der Waals surface area contributed by atoms with Gasteiger partial charge in [0.1, 0.15) is 0 Å². The van der Waals surface area contributed by atoms with Gasteiger partial charge in [-0.1, -0.05) is 24.3 Å². The zero-order chi connectivity index (χ0) is 13.3. The third kappa shape index (κ3) is 2.14. The first-order chi connectivity index (χ1) is 8.50. The fourth-order valence-corrected chi connectivity index (χ4v) is 2.26. The van der Waals surface area contributed by atoms with Crippen LogP contribution in [0, 0.1) is 20.8 Å². The van der Waals surface area contributed by atoms with Crippen molar-refractivity contribution in [3.05, 3.63) is 58.7 Å². The summed E-state index contributed by atoms with van der Waals surface area (Å²) in [5.41, 5.74) is 5.90. The van der Waals surface area contributed by atoms with Gasteiger partial charge >= 0.3 is 5.97 Å². The summed E-state index contributed by atoms with van der Waals surface area (Å²) in [6, 6.07) is 11.4. The van der Waals surface area contributed by atoms with Gasteiger partial charge in [0.05, 0.1) is 5.56 Å². The topological polar surface area (TPSA) is 37.3 Å². The molecule has 2 aromatic carbocycles. The summed E-state index contributed by atoms with van der Waals surface area (Å²) in [5, 5.41) is 9.09. The summed E-state index contributed by atoms with van der Waals surface area (Å²) >= 11 is 0. The van der Waals surface area contributed by atoms with Gasteiger partial charge in [-0.15, -0.1) is 0 Å². The number of benzene rings is 2. The van der Waals surface area contributed by atoms with E-state index < -0.39 is 5.97 Å². The third-order valence-corrected chi connectivity index (χ3v) is 3.23. The van der Waals surface area contributed by atoms with Crippen molar-refractivity contribution >= 4 is 5.97 Å². The number of hydrogen-bond acceptors (Lipinski definition) is 1. The van der Waals surface area contributed by atoms with Crippen molar-refractivity contribution in [1.82, 2.24) is 0 Å². The van der Waals surface area contributed by atoms with Gasteiger partial charge in [-0.05, 0) is 60.7 Å². The normalized spacial score (nSPS) is 10.4. The van der Waals surface area contributed by atoms with Crippen LogP contribution in [-0.4, -0.2) is 11.1 Å². The first kappa shape index (κ1) is 12.4. The van der Waals surface area contributed by atoms with Crippen LogP contribution in [0.2, 0.25) is 0 Å². The van der Waals surface area contributed by atoms with Crippen LogP contribution < -0.4 is 0 Å². The van der Waals surface area contributed by atoms with E-state index >= 15 is 0 Å². The molecule has 2 nitrogen and oxygen atoms in total. The molecule has 2 heteroatoms. The maximum atomic E-state index is 11.1. The summed E-state index contributed by atoms with van der Waals surface area (Å²) < 4.78 is 0. The van der Waals surface area contributed by atoms with Crippen LogP contribution in [0.15, 0.2) is 36.4 Å². The van der Waals surface area contributed by atoms with Crippen LogP contribution >= 0.6 is 0 Å². The van der Waals surface area contributed by atoms with Gasteiger partial charge in [0, 0.05) is 0 Å². The summed E-state index contributed by atoms with van der Waals surface area (Å²) in [6.07, 6.45) is 0. The van der Waals surface area contributed by atoms with Crippen molar-refractivity contribution in [3.63, 3.8) is 0 Å². The van der Waals surface area contributed by atoms with E-state index in [-0.39, 0.29) is 0 Å². The minimum Gasteiger partial charge on any atom is -0.478 e. The Morgan fingerprint density at radius 3 is 2.11 bits per heavy atom. The molecule has 0 aliphatic heterocycles. The standard InChI is InChI=1S/C16H16O2/c1-10-7-8-13(16(17)18)9-14(10)15-11(2)5-4-6-12(15)3/h4-9H,1-3H3,(H,17,18). The second-order valence-corrected chi connectivity index (χ2v) is 4.60. The predicted molar refractivity (Wildman–Crippen MR) is 73.0 cm³/mol. The SMILES string of the molecule is Cc1ccc(C(=O)O)cc1-c1c(C)cccc1C. The fraction of sp³-hybridized carbons (Fsp3) is 0.188. The summed E-state index contributed by atoms with van der Waals surface area (Å²) in [5.74, 6) is -0.887. The van der Waals surface area contributed by atoms with Crippen LogP contribution in [0.5, 0.6) is 0 Å². The lowest BCUT2D eigenvalue weighted by Crippen LogP contribution is -1.98. The highest BCUT2D eigenvalue weighted by Crippen LogP contribution is 2.30. The molecule has 92 valence electrons. The van der Waals surface area contributed by atoms with Gasteiger partial charge in [-0.2, -0.15) is 0 Å². The maximum Gasteiger partial charge on any atom is 0.335 e. The lowest BCUT2D eigenvalue weighted by atomic mass is 9.91. The van der Waals surface area contributed by atoms with Crippen LogP contribution in [0.4, 0.5) is 0 Å². The van der Waals surface area contributed by atoms with Crippen molar-refractivity contribution < 1.29 is 9.90 Å². The van der Waals surface area contributed by atoms with E-state index in [1.165, 1.54) is 11.1 Å². The molecule has 2 aromatic rings. The van der Waals surface area contributed by atoms with Crippen LogP contribution in [0.25, 0.3) is 11.1 Å². The Hall–Kier alpha value is -2.09. The molecule has 0 fully saturated rings. The van der Waals surface area contributed by atoms with E-state index in [2.05, 4.69) is 26.0 Å². The van der Waals surface area contributed by atoms with E-state index in [1.807, 2.05) is 19.1 Å². The van der Waals surface area contributed by atoms with Crippen molar-refractivity contribution in [2.24, 2.45) is 0 Å². The smallest absolute Gasteiger partial charge is 0.335 e. The Kier molecular flexibility index (Phi) is 3.19. The van der Waals surface area contributed by atoms with Gasteiger partial charge in [0.15, 0.2) is 0 Å². The molecule has 0 atom stereocenters. The Bertz CT molecular complexity index is 592. The maximum absolute atomic E-state index is 11.1. The quantitative estimate of drug-likeness (QED) is 0.862. The van der Waals surface area contributed by atoms with Crippen molar-refractivity contribution in [2.75, 3.05) is 0 Å². The van der Waals surface area contributed by atoms with Crippen molar-refractivity contribution in [3.8, 4) is 11.1 Å². The molecule has 0 aromatic heterocycles. The first-order valence-electron chi connectivity index (χ1n) is 5.91. The van der Waals surface area contributed by atoms with E-state index in [4.69, 9.17) is 5.11 Å². The van der Waals surface area contributed by atoms with Gasteiger partial charge in [0.25, 0.3) is 0 Å². The molecule has 0 saturated heterocycles. The fourth-order valence-electron chi connectivity index (χ4n) is 2.26. The van der Waals surface area contributed by atoms with Crippen LogP contribution in [0.3, 0.4) is 0 Å². The highest BCUT2D eigenvalue weighted by atomic mass is 16.4. The lowest BCUT2D eigenvalue weighted by molar-refractivity contribution is 0.0697. The number of rotatable bonds is 2. The Morgan fingerprint density at radius 2 is 1.56 bits per heavy atom. The molecule has 0 spiro atoms. The van der Waals surface area contributed by atoms with E-state index in [1.54, 1.807) is 12.1 Å². The molecule has 0 heterocycles. The Morgan fingerprint density at radius 1 is 0.944 bits per heavy atom. The summed E-state index contributed by atoms with van der Waals surface area (Å²) in [7, 11) is 0. The third-order valence-electron chi connectivity index (χ3n) is 3.23. The molecule has 2 rings (SSSR count). The largest absolute Gasteiger partial charge is 0.478 e. The van der Waals surface area contributed by atoms with Crippen molar-refractivity contribution in [1.29, 1.82) is 0 Å². The number of carboxylic acids is 1.